The summed E-state index contributed by atoms with van der Waals surface area (Å²) in [5.74, 6) is -1.63. The van der Waals surface area contributed by atoms with Crippen molar-refractivity contribution < 1.29 is 23.8 Å². The molecule has 174 valence electrons. The summed E-state index contributed by atoms with van der Waals surface area (Å²) in [6.07, 6.45) is 3.29. The van der Waals surface area contributed by atoms with Crippen molar-refractivity contribution in [2.45, 2.75) is 44.8 Å². The summed E-state index contributed by atoms with van der Waals surface area (Å²) in [7, 11) is 0. The number of carboxylic acid groups (broad SMARTS) is 1. The van der Waals surface area contributed by atoms with E-state index in [1.807, 2.05) is 30.3 Å². The molecule has 34 heavy (non-hydrogen) atoms. The number of carbonyl (C=O) groups is 2. The molecule has 0 saturated heterocycles. The maximum Gasteiger partial charge on any atom is 0.339 e. The molecule has 0 aliphatic heterocycles. The van der Waals surface area contributed by atoms with Crippen molar-refractivity contribution in [3.05, 3.63) is 75.8 Å². The van der Waals surface area contributed by atoms with Crippen LogP contribution in [0.5, 0.6) is 5.75 Å². The molecule has 1 aliphatic rings. The van der Waals surface area contributed by atoms with Gasteiger partial charge in [0, 0.05) is 40.5 Å². The summed E-state index contributed by atoms with van der Waals surface area (Å²) in [4.78, 5) is 39.8. The Hall–Kier alpha value is -4.07. The third-order valence-corrected chi connectivity index (χ3v) is 6.33. The summed E-state index contributed by atoms with van der Waals surface area (Å²) in [6.45, 7) is 1.52. The fraction of sp³-hybridized carbons (Fsp3) is 0.269. The van der Waals surface area contributed by atoms with E-state index in [0.717, 1.165) is 52.2 Å². The van der Waals surface area contributed by atoms with Gasteiger partial charge in [-0.2, -0.15) is 0 Å². The van der Waals surface area contributed by atoms with E-state index in [1.165, 1.54) is 6.92 Å². The number of benzene rings is 2. The number of aromatic nitrogens is 1. The fourth-order valence-electron chi connectivity index (χ4n) is 4.60. The van der Waals surface area contributed by atoms with E-state index in [1.54, 1.807) is 18.3 Å². The third kappa shape index (κ3) is 4.03. The summed E-state index contributed by atoms with van der Waals surface area (Å²) in [5, 5.41) is 16.0. The number of fused-ring (bicyclic) bond motifs is 4. The highest BCUT2D eigenvalue weighted by Gasteiger charge is 2.23. The average Bonchev–Trinajstić information content (AvgIpc) is 3.46. The molecule has 2 atom stereocenters. The minimum Gasteiger partial charge on any atom is -0.548 e. The topological polar surface area (TPSA) is 124 Å². The number of H-pyrrole nitrogens is 1. The summed E-state index contributed by atoms with van der Waals surface area (Å²) in [6, 6.07) is 11.4. The lowest BCUT2D eigenvalue weighted by molar-refractivity contribution is -0.308. The van der Waals surface area contributed by atoms with E-state index in [0.29, 0.717) is 11.3 Å². The fourth-order valence-corrected chi connectivity index (χ4v) is 4.60. The van der Waals surface area contributed by atoms with Gasteiger partial charge in [-0.05, 0) is 55.5 Å². The first-order valence-corrected chi connectivity index (χ1v) is 11.2. The Morgan fingerprint density at radius 2 is 1.94 bits per heavy atom. The van der Waals surface area contributed by atoms with Crippen LogP contribution in [0.3, 0.4) is 0 Å². The van der Waals surface area contributed by atoms with Gasteiger partial charge in [0.05, 0.1) is 12.0 Å². The summed E-state index contributed by atoms with van der Waals surface area (Å²) < 4.78 is 11.2. The molecule has 5 rings (SSSR count). The Labute approximate surface area is 194 Å². The van der Waals surface area contributed by atoms with Crippen LogP contribution in [0.4, 0.5) is 0 Å². The van der Waals surface area contributed by atoms with Gasteiger partial charge in [0.25, 0.3) is 5.91 Å². The van der Waals surface area contributed by atoms with Crippen LogP contribution >= 0.6 is 0 Å². The molecule has 2 N–H and O–H groups in total. The SMILES string of the molecule is CC(Oc1ccc2c3c(c(=O)oc2c1)CCC3)C(=O)NC(Cc1c[nH]c2ccccc12)C(=O)[O-]. The van der Waals surface area contributed by atoms with Crippen molar-refractivity contribution in [1.29, 1.82) is 0 Å². The third-order valence-electron chi connectivity index (χ3n) is 6.33. The van der Waals surface area contributed by atoms with Gasteiger partial charge in [0.15, 0.2) is 6.10 Å². The zero-order valence-electron chi connectivity index (χ0n) is 18.6. The van der Waals surface area contributed by atoms with Gasteiger partial charge < -0.3 is 29.4 Å². The van der Waals surface area contributed by atoms with Crippen LogP contribution in [-0.4, -0.2) is 29.0 Å². The number of amides is 1. The number of aryl methyl sites for hydroxylation is 1. The lowest BCUT2D eigenvalue weighted by Gasteiger charge is -2.22. The first-order valence-electron chi connectivity index (χ1n) is 11.2. The second-order valence-electron chi connectivity index (χ2n) is 8.56. The standard InChI is InChI=1S/C26H24N2O6/c1-14(33-16-9-10-19-18-6-4-7-20(18)26(32)34-23(19)12-16)24(29)28-22(25(30)31)11-15-13-27-21-8-3-2-5-17(15)21/h2-3,5,8-10,12-14,22,27H,4,6-7,11H2,1H3,(H,28,29)(H,30,31)/p-1. The Balaban J connectivity index is 1.30. The van der Waals surface area contributed by atoms with Crippen LogP contribution in [0.2, 0.25) is 0 Å². The maximum atomic E-state index is 12.7. The molecule has 2 heterocycles. The molecule has 2 unspecified atom stereocenters. The van der Waals surface area contributed by atoms with Crippen LogP contribution in [-0.2, 0) is 28.9 Å². The van der Waals surface area contributed by atoms with Gasteiger partial charge in [-0.1, -0.05) is 18.2 Å². The number of hydrogen-bond acceptors (Lipinski definition) is 6. The van der Waals surface area contributed by atoms with Gasteiger partial charge >= 0.3 is 5.63 Å². The van der Waals surface area contributed by atoms with E-state index in [4.69, 9.17) is 9.15 Å². The number of rotatable bonds is 7. The highest BCUT2D eigenvalue weighted by atomic mass is 16.5. The van der Waals surface area contributed by atoms with Crippen LogP contribution in [0.1, 0.15) is 30.0 Å². The van der Waals surface area contributed by atoms with Crippen molar-refractivity contribution in [3.63, 3.8) is 0 Å². The van der Waals surface area contributed by atoms with Crippen LogP contribution < -0.4 is 20.8 Å². The van der Waals surface area contributed by atoms with Gasteiger partial charge in [-0.3, -0.25) is 4.79 Å². The number of aromatic amines is 1. The summed E-state index contributed by atoms with van der Waals surface area (Å²) in [5.41, 5.74) is 3.46. The molecule has 0 bridgehead atoms. The predicted molar refractivity (Wildman–Crippen MR) is 124 cm³/mol. The molecule has 1 amide bonds. The highest BCUT2D eigenvalue weighted by Crippen LogP contribution is 2.30. The lowest BCUT2D eigenvalue weighted by Crippen LogP contribution is -2.52. The average molecular weight is 459 g/mol. The first-order chi connectivity index (χ1) is 16.4. The van der Waals surface area contributed by atoms with Gasteiger partial charge in [-0.25, -0.2) is 4.79 Å². The zero-order chi connectivity index (χ0) is 23.8. The zero-order valence-corrected chi connectivity index (χ0v) is 18.6. The smallest absolute Gasteiger partial charge is 0.339 e. The van der Waals surface area contributed by atoms with Crippen molar-refractivity contribution in [2.75, 3.05) is 0 Å². The Morgan fingerprint density at radius 1 is 1.15 bits per heavy atom. The second-order valence-corrected chi connectivity index (χ2v) is 8.56. The first kappa shape index (κ1) is 21.8. The van der Waals surface area contributed by atoms with Crippen molar-refractivity contribution in [1.82, 2.24) is 10.3 Å². The molecular weight excluding hydrogens is 436 g/mol. The molecule has 2 aromatic heterocycles. The van der Waals surface area contributed by atoms with Crippen molar-refractivity contribution in [2.24, 2.45) is 0 Å². The van der Waals surface area contributed by atoms with Gasteiger partial charge in [-0.15, -0.1) is 0 Å². The number of nitrogens with one attached hydrogen (secondary N) is 2. The molecule has 2 aromatic carbocycles. The number of para-hydroxylation sites is 1. The molecule has 0 fully saturated rings. The quantitative estimate of drug-likeness (QED) is 0.408. The van der Waals surface area contributed by atoms with Gasteiger partial charge in [0.2, 0.25) is 0 Å². The molecule has 0 saturated carbocycles. The number of aliphatic carboxylic acids is 1. The Bertz CT molecular complexity index is 1470. The molecule has 8 heteroatoms. The van der Waals surface area contributed by atoms with E-state index in [2.05, 4.69) is 10.3 Å². The minimum absolute atomic E-state index is 0.0665. The van der Waals surface area contributed by atoms with E-state index >= 15 is 0 Å². The van der Waals surface area contributed by atoms with Gasteiger partial charge in [0.1, 0.15) is 11.3 Å². The molecule has 0 spiro atoms. The largest absolute Gasteiger partial charge is 0.548 e. The van der Waals surface area contributed by atoms with Crippen LogP contribution in [0.25, 0.3) is 21.9 Å². The van der Waals surface area contributed by atoms with Crippen molar-refractivity contribution >= 4 is 33.7 Å². The number of carbonyl (C=O) groups excluding carboxylic acids is 2. The molecule has 8 nitrogen and oxygen atoms in total. The molecule has 1 aliphatic carbocycles. The number of hydrogen-bond donors (Lipinski definition) is 2. The lowest BCUT2D eigenvalue weighted by atomic mass is 10.0. The Morgan fingerprint density at radius 3 is 2.76 bits per heavy atom. The normalized spacial score (nSPS) is 14.6. The predicted octanol–water partition coefficient (Wildman–Crippen LogP) is 2.01. The number of carboxylic acids is 1. The van der Waals surface area contributed by atoms with Crippen molar-refractivity contribution in [3.8, 4) is 5.75 Å². The Kier molecular flexibility index (Phi) is 5.57. The molecular formula is C26H23N2O6-. The number of ether oxygens (including phenoxy) is 1. The molecule has 0 radical (unpaired) electrons. The highest BCUT2D eigenvalue weighted by molar-refractivity contribution is 5.88. The molecule has 4 aromatic rings. The van der Waals surface area contributed by atoms with E-state index in [9.17, 15) is 19.5 Å². The summed E-state index contributed by atoms with van der Waals surface area (Å²) >= 11 is 0. The maximum absolute atomic E-state index is 12.7. The van der Waals surface area contributed by atoms with E-state index < -0.39 is 24.0 Å². The monoisotopic (exact) mass is 459 g/mol. The van der Waals surface area contributed by atoms with Crippen LogP contribution in [0.15, 0.2) is 57.9 Å². The van der Waals surface area contributed by atoms with E-state index in [-0.39, 0.29) is 12.0 Å². The van der Waals surface area contributed by atoms with Crippen LogP contribution in [0, 0.1) is 0 Å². The minimum atomic E-state index is -1.38. The second kappa shape index (κ2) is 8.70.